The third-order valence-corrected chi connectivity index (χ3v) is 3.03. The maximum Gasteiger partial charge on any atom is 0.187 e. The van der Waals surface area contributed by atoms with Crippen molar-refractivity contribution in [2.45, 2.75) is 32.7 Å². The van der Waals surface area contributed by atoms with E-state index in [9.17, 15) is 0 Å². The lowest BCUT2D eigenvalue weighted by molar-refractivity contribution is 0.179. The van der Waals surface area contributed by atoms with E-state index in [1.54, 1.807) is 13.3 Å². The highest BCUT2D eigenvalue weighted by Gasteiger charge is 2.01. The molecule has 0 aliphatic heterocycles. The highest BCUT2D eigenvalue weighted by Crippen LogP contribution is 2.11. The predicted octanol–water partition coefficient (Wildman–Crippen LogP) is 2.70. The van der Waals surface area contributed by atoms with Gasteiger partial charge in [-0.05, 0) is 55.4 Å². The minimum absolute atomic E-state index is 0.139. The molecule has 6 heteroatoms. The Morgan fingerprint density at radius 3 is 2.73 bits per heavy atom. The molecular weight excluding hydrogens is 298 g/mol. The second kappa shape index (κ2) is 11.0. The zero-order chi connectivity index (χ0) is 16.2. The molecule has 0 saturated heterocycles. The second-order valence-electron chi connectivity index (χ2n) is 4.97. The van der Waals surface area contributed by atoms with Crippen LogP contribution in [0.1, 0.15) is 32.3 Å². The minimum Gasteiger partial charge on any atom is -0.494 e. The Bertz CT molecular complexity index is 463. The summed E-state index contributed by atoms with van der Waals surface area (Å²) in [6.45, 7) is 5.47. The van der Waals surface area contributed by atoms with Crippen LogP contribution >= 0.6 is 12.2 Å². The van der Waals surface area contributed by atoms with Gasteiger partial charge in [0.1, 0.15) is 5.75 Å². The lowest BCUT2D eigenvalue weighted by Crippen LogP contribution is -2.40. The van der Waals surface area contributed by atoms with Crippen molar-refractivity contribution in [1.29, 1.82) is 0 Å². The van der Waals surface area contributed by atoms with E-state index in [1.165, 1.54) is 0 Å². The molecule has 0 saturated carbocycles. The van der Waals surface area contributed by atoms with Crippen LogP contribution in [0.25, 0.3) is 0 Å². The molecule has 1 aromatic rings. The number of methoxy groups -OCH3 is 1. The van der Waals surface area contributed by atoms with Crippen LogP contribution in [0, 0.1) is 0 Å². The Morgan fingerprint density at radius 1 is 1.36 bits per heavy atom. The van der Waals surface area contributed by atoms with Gasteiger partial charge in [-0.3, -0.25) is 5.43 Å². The molecule has 0 aromatic heterocycles. The zero-order valence-electron chi connectivity index (χ0n) is 13.5. The van der Waals surface area contributed by atoms with Gasteiger partial charge >= 0.3 is 0 Å². The average Bonchev–Trinajstić information content (AvgIpc) is 2.49. The number of hydrazone groups is 1. The SMILES string of the molecule is CCCCOc1ccc(/C=N\NC(=S)N[C@H](C)COC)cc1. The molecule has 1 aromatic carbocycles. The van der Waals surface area contributed by atoms with E-state index < -0.39 is 0 Å². The molecule has 0 heterocycles. The van der Waals surface area contributed by atoms with Crippen LogP contribution in [0.4, 0.5) is 0 Å². The number of nitrogens with zero attached hydrogens (tertiary/aromatic N) is 1. The fourth-order valence-electron chi connectivity index (χ4n) is 1.70. The summed E-state index contributed by atoms with van der Waals surface area (Å²) in [5, 5.41) is 7.64. The Hall–Kier alpha value is -1.66. The molecule has 0 radical (unpaired) electrons. The molecule has 122 valence electrons. The Morgan fingerprint density at radius 2 is 2.09 bits per heavy atom. The number of ether oxygens (including phenoxy) is 2. The molecule has 0 fully saturated rings. The van der Waals surface area contributed by atoms with E-state index in [1.807, 2.05) is 31.2 Å². The summed E-state index contributed by atoms with van der Waals surface area (Å²) < 4.78 is 10.6. The number of nitrogens with one attached hydrogen (secondary N) is 2. The third kappa shape index (κ3) is 7.95. The number of benzene rings is 1. The van der Waals surface area contributed by atoms with E-state index in [2.05, 4.69) is 22.8 Å². The first kappa shape index (κ1) is 18.4. The summed E-state index contributed by atoms with van der Waals surface area (Å²) in [5.41, 5.74) is 3.76. The van der Waals surface area contributed by atoms with Crippen molar-refractivity contribution in [3.05, 3.63) is 29.8 Å². The summed E-state index contributed by atoms with van der Waals surface area (Å²) in [6, 6.07) is 7.93. The first-order valence-electron chi connectivity index (χ1n) is 7.47. The average molecular weight is 323 g/mol. The highest BCUT2D eigenvalue weighted by atomic mass is 32.1. The molecule has 0 spiro atoms. The first-order valence-corrected chi connectivity index (χ1v) is 7.88. The molecule has 2 N–H and O–H groups in total. The largest absolute Gasteiger partial charge is 0.494 e. The molecule has 0 amide bonds. The van der Waals surface area contributed by atoms with Crippen molar-refractivity contribution in [1.82, 2.24) is 10.7 Å². The van der Waals surface area contributed by atoms with Crippen molar-refractivity contribution in [3.8, 4) is 5.75 Å². The van der Waals surface area contributed by atoms with Crippen LogP contribution in [0.3, 0.4) is 0 Å². The van der Waals surface area contributed by atoms with Gasteiger partial charge in [-0.15, -0.1) is 0 Å². The van der Waals surface area contributed by atoms with Crippen LogP contribution < -0.4 is 15.5 Å². The minimum atomic E-state index is 0.139. The standard InChI is InChI=1S/C16H25N3O2S/c1-4-5-10-21-15-8-6-14(7-9-15)11-17-19-16(22)18-13(2)12-20-3/h6-9,11,13H,4-5,10,12H2,1-3H3,(H2,18,19,22)/b17-11-/t13-/m1/s1. The van der Waals surface area contributed by atoms with Gasteiger partial charge in [0, 0.05) is 13.2 Å². The van der Waals surface area contributed by atoms with Crippen LogP contribution in [0.15, 0.2) is 29.4 Å². The fourth-order valence-corrected chi connectivity index (χ4v) is 1.95. The zero-order valence-corrected chi connectivity index (χ0v) is 14.3. The maximum absolute atomic E-state index is 5.61. The maximum atomic E-state index is 5.61. The molecule has 1 atom stereocenters. The number of rotatable bonds is 9. The number of hydrogen-bond donors (Lipinski definition) is 2. The lowest BCUT2D eigenvalue weighted by Gasteiger charge is -2.13. The van der Waals surface area contributed by atoms with Crippen molar-refractivity contribution in [2.75, 3.05) is 20.3 Å². The van der Waals surface area contributed by atoms with Gasteiger partial charge in [0.15, 0.2) is 5.11 Å². The summed E-state index contributed by atoms with van der Waals surface area (Å²) in [4.78, 5) is 0. The van der Waals surface area contributed by atoms with Gasteiger partial charge in [-0.2, -0.15) is 5.10 Å². The van der Waals surface area contributed by atoms with Gasteiger partial charge in [0.05, 0.1) is 19.4 Å². The molecular formula is C16H25N3O2S. The van der Waals surface area contributed by atoms with Crippen molar-refractivity contribution < 1.29 is 9.47 Å². The third-order valence-electron chi connectivity index (χ3n) is 2.82. The number of hydrogen-bond acceptors (Lipinski definition) is 4. The van der Waals surface area contributed by atoms with Gasteiger partial charge < -0.3 is 14.8 Å². The van der Waals surface area contributed by atoms with E-state index in [4.69, 9.17) is 21.7 Å². The van der Waals surface area contributed by atoms with E-state index >= 15 is 0 Å². The van der Waals surface area contributed by atoms with Crippen molar-refractivity contribution in [3.63, 3.8) is 0 Å². The van der Waals surface area contributed by atoms with E-state index in [0.717, 1.165) is 30.8 Å². The molecule has 0 aliphatic rings. The normalized spacial score (nSPS) is 12.1. The molecule has 22 heavy (non-hydrogen) atoms. The molecule has 5 nitrogen and oxygen atoms in total. The van der Waals surface area contributed by atoms with Gasteiger partial charge in [-0.25, -0.2) is 0 Å². The van der Waals surface area contributed by atoms with Crippen LogP contribution in [0.2, 0.25) is 0 Å². The van der Waals surface area contributed by atoms with E-state index in [0.29, 0.717) is 11.7 Å². The number of thiocarbonyl (C=S) groups is 1. The quantitative estimate of drug-likeness (QED) is 0.317. The molecule has 0 unspecified atom stereocenters. The van der Waals surface area contributed by atoms with E-state index in [-0.39, 0.29) is 6.04 Å². The van der Waals surface area contributed by atoms with Crippen LogP contribution in [0.5, 0.6) is 5.75 Å². The Labute approximate surface area is 138 Å². The lowest BCUT2D eigenvalue weighted by atomic mass is 10.2. The highest BCUT2D eigenvalue weighted by molar-refractivity contribution is 7.80. The van der Waals surface area contributed by atoms with Crippen LogP contribution in [-0.4, -0.2) is 37.7 Å². The monoisotopic (exact) mass is 323 g/mol. The second-order valence-corrected chi connectivity index (χ2v) is 5.38. The Kier molecular flexibility index (Phi) is 9.18. The van der Waals surface area contributed by atoms with Gasteiger partial charge in [-0.1, -0.05) is 13.3 Å². The molecule has 0 bridgehead atoms. The summed E-state index contributed by atoms with van der Waals surface area (Å²) in [6.07, 6.45) is 3.91. The van der Waals surface area contributed by atoms with Gasteiger partial charge in [0.25, 0.3) is 0 Å². The predicted molar refractivity (Wildman–Crippen MR) is 94.6 cm³/mol. The molecule has 1 rings (SSSR count). The number of unbranched alkanes of at least 4 members (excludes halogenated alkanes) is 1. The van der Waals surface area contributed by atoms with Crippen molar-refractivity contribution >= 4 is 23.5 Å². The fraction of sp³-hybridized carbons (Fsp3) is 0.500. The molecule has 0 aliphatic carbocycles. The van der Waals surface area contributed by atoms with Crippen molar-refractivity contribution in [2.24, 2.45) is 5.10 Å². The summed E-state index contributed by atoms with van der Waals surface area (Å²) in [5.74, 6) is 0.879. The van der Waals surface area contributed by atoms with Gasteiger partial charge in [0.2, 0.25) is 0 Å². The first-order chi connectivity index (χ1) is 10.7. The summed E-state index contributed by atoms with van der Waals surface area (Å²) in [7, 11) is 1.66. The van der Waals surface area contributed by atoms with Crippen LogP contribution in [-0.2, 0) is 4.74 Å². The Balaban J connectivity index is 2.35. The topological polar surface area (TPSA) is 54.9 Å². The summed E-state index contributed by atoms with van der Waals surface area (Å²) >= 11 is 5.13. The smallest absolute Gasteiger partial charge is 0.187 e.